The third-order valence-electron chi connectivity index (χ3n) is 7.97. The smallest absolute Gasteiger partial charge is 0.282 e. The van der Waals surface area contributed by atoms with Crippen LogP contribution in [0.25, 0.3) is 0 Å². The first-order chi connectivity index (χ1) is 19.8. The largest absolute Gasteiger partial charge is 0.337 e. The van der Waals surface area contributed by atoms with Gasteiger partial charge >= 0.3 is 0 Å². The molecule has 3 fully saturated rings. The number of carbonyl (C=O) groups excluding carboxylic acids is 4. The predicted molar refractivity (Wildman–Crippen MR) is 154 cm³/mol. The first-order valence-electron chi connectivity index (χ1n) is 13.2. The Hall–Kier alpha value is -4.03. The molecule has 2 saturated heterocycles. The van der Waals surface area contributed by atoms with Crippen molar-refractivity contribution in [3.63, 3.8) is 0 Å². The molecule has 2 aromatic carbocycles. The van der Waals surface area contributed by atoms with Gasteiger partial charge in [-0.05, 0) is 35.9 Å². The van der Waals surface area contributed by atoms with Crippen LogP contribution in [-0.4, -0.2) is 74.2 Å². The van der Waals surface area contributed by atoms with E-state index in [1.165, 1.54) is 39.3 Å². The van der Waals surface area contributed by atoms with Gasteiger partial charge in [0.25, 0.3) is 17.5 Å². The number of likely N-dealkylation sites (tertiary alicyclic amines) is 2. The molecule has 6 rings (SSSR count). The average Bonchev–Trinajstić information content (AvgIpc) is 3.39. The molecule has 1 aliphatic carbocycles. The Morgan fingerprint density at radius 3 is 2.56 bits per heavy atom. The van der Waals surface area contributed by atoms with Crippen LogP contribution in [0.1, 0.15) is 39.1 Å². The van der Waals surface area contributed by atoms with Crippen LogP contribution < -0.4 is 5.32 Å². The van der Waals surface area contributed by atoms with Gasteiger partial charge in [0, 0.05) is 29.0 Å². The summed E-state index contributed by atoms with van der Waals surface area (Å²) >= 11 is 2.98. The van der Waals surface area contributed by atoms with Gasteiger partial charge in [-0.15, -0.1) is 0 Å². The number of thioether (sulfide) groups is 1. The summed E-state index contributed by atoms with van der Waals surface area (Å²) in [6.45, 7) is 0.0111. The first kappa shape index (κ1) is 27.2. The second-order valence-electron chi connectivity index (χ2n) is 10.4. The van der Waals surface area contributed by atoms with Crippen molar-refractivity contribution in [3.05, 3.63) is 98.2 Å². The zero-order chi connectivity index (χ0) is 28.7. The molecule has 3 amide bonds. The van der Waals surface area contributed by atoms with Crippen molar-refractivity contribution >= 4 is 52.3 Å². The van der Waals surface area contributed by atoms with Crippen molar-refractivity contribution < 1.29 is 24.1 Å². The number of Topliss-reactive ketones (excluding diaryl/α,β-unsaturated/α-hetero) is 1. The number of nitro groups is 1. The van der Waals surface area contributed by atoms with E-state index in [0.717, 1.165) is 5.56 Å². The van der Waals surface area contributed by atoms with E-state index in [9.17, 15) is 29.3 Å². The maximum absolute atomic E-state index is 14.2. The molecule has 12 heteroatoms. The number of nitrogens with one attached hydrogen (secondary N) is 1. The summed E-state index contributed by atoms with van der Waals surface area (Å²) in [5, 5.41) is 17.9. The predicted octanol–water partition coefficient (Wildman–Crippen LogP) is 3.53. The van der Waals surface area contributed by atoms with E-state index in [0.29, 0.717) is 24.2 Å². The van der Waals surface area contributed by atoms with Gasteiger partial charge in [-0.2, -0.15) is 23.1 Å². The molecular weight excluding hydrogens is 564 g/mol. The molecule has 2 aliphatic heterocycles. The molecule has 0 radical (unpaired) electrons. The molecule has 1 aromatic heterocycles. The molecule has 3 aromatic rings. The van der Waals surface area contributed by atoms with Gasteiger partial charge in [-0.25, -0.2) is 0 Å². The van der Waals surface area contributed by atoms with Crippen LogP contribution in [0.4, 0.5) is 5.69 Å². The average molecular weight is 591 g/mol. The van der Waals surface area contributed by atoms with E-state index in [2.05, 4.69) is 5.32 Å². The quantitative estimate of drug-likeness (QED) is 0.314. The third-order valence-corrected chi connectivity index (χ3v) is 10.1. The molecule has 0 spiro atoms. The number of fused-ring (bicyclic) bond motifs is 1. The fourth-order valence-electron chi connectivity index (χ4n) is 5.83. The van der Waals surface area contributed by atoms with Crippen molar-refractivity contribution in [2.75, 3.05) is 13.1 Å². The second-order valence-corrected chi connectivity index (χ2v) is 12.4. The van der Waals surface area contributed by atoms with E-state index in [1.807, 2.05) is 30.3 Å². The third kappa shape index (κ3) is 4.91. The number of nitrogens with zero attached hydrogens (tertiary/aromatic N) is 3. The molecule has 3 aliphatic rings. The molecule has 1 unspecified atom stereocenters. The highest BCUT2D eigenvalue weighted by molar-refractivity contribution is 7.99. The van der Waals surface area contributed by atoms with E-state index >= 15 is 0 Å². The topological polar surface area (TPSA) is 130 Å². The minimum Gasteiger partial charge on any atom is -0.337 e. The lowest BCUT2D eigenvalue weighted by atomic mass is 10.1. The monoisotopic (exact) mass is 590 g/mol. The van der Waals surface area contributed by atoms with E-state index in [1.54, 1.807) is 34.7 Å². The van der Waals surface area contributed by atoms with Gasteiger partial charge in [0.1, 0.15) is 17.1 Å². The van der Waals surface area contributed by atoms with Gasteiger partial charge in [0.2, 0.25) is 5.91 Å². The fourth-order valence-corrected chi connectivity index (χ4v) is 7.88. The maximum atomic E-state index is 14.2. The summed E-state index contributed by atoms with van der Waals surface area (Å²) < 4.78 is 0. The maximum Gasteiger partial charge on any atom is 0.282 e. The van der Waals surface area contributed by atoms with E-state index in [-0.39, 0.29) is 47.2 Å². The van der Waals surface area contributed by atoms with Crippen LogP contribution in [0, 0.1) is 10.1 Å². The number of carbonyl (C=O) groups is 4. The summed E-state index contributed by atoms with van der Waals surface area (Å²) in [4.78, 5) is 67.7. The van der Waals surface area contributed by atoms with Gasteiger partial charge < -0.3 is 15.1 Å². The lowest BCUT2D eigenvalue weighted by molar-refractivity contribution is -0.385. The Labute approximate surface area is 243 Å². The Morgan fingerprint density at radius 1 is 1.07 bits per heavy atom. The molecule has 4 atom stereocenters. The van der Waals surface area contributed by atoms with Crippen LogP contribution in [0.15, 0.2) is 71.4 Å². The standard InChI is InChI=1S/C29H26N4O6S2/c34-23-15-32(27(36)20-8-4-5-9-21(20)33(38)39)22-10-12-31(25(22)23)28(37)29(30-26(35)19-11-13-40-17-19)14-24(29)41-16-18-6-2-1-3-7-18/h1-9,11,13,17,22,24-25H,10,12,14-16H2,(H,30,35)/t22-,24+,25+,29?/m1/s1. The number of thiophene rings is 1. The number of para-hydroxylation sites is 1. The van der Waals surface area contributed by atoms with Crippen LogP contribution in [0.5, 0.6) is 0 Å². The number of rotatable bonds is 8. The Kier molecular flexibility index (Phi) is 7.12. The molecule has 0 bridgehead atoms. The van der Waals surface area contributed by atoms with Gasteiger partial charge in [-0.1, -0.05) is 42.5 Å². The van der Waals surface area contributed by atoms with Crippen molar-refractivity contribution in [3.8, 4) is 0 Å². The molecule has 3 heterocycles. The summed E-state index contributed by atoms with van der Waals surface area (Å²) in [5.41, 5.74) is -0.00590. The number of hydrogen-bond acceptors (Lipinski definition) is 8. The fraction of sp³-hybridized carbons (Fsp3) is 0.310. The minimum absolute atomic E-state index is 0.0882. The Morgan fingerprint density at radius 2 is 1.83 bits per heavy atom. The Balaban J connectivity index is 1.23. The highest BCUT2D eigenvalue weighted by atomic mass is 32.2. The van der Waals surface area contributed by atoms with E-state index < -0.39 is 28.5 Å². The van der Waals surface area contributed by atoms with Crippen molar-refractivity contribution in [2.45, 2.75) is 41.5 Å². The summed E-state index contributed by atoms with van der Waals surface area (Å²) in [5.74, 6) is -0.897. The van der Waals surface area contributed by atoms with Gasteiger partial charge in [0.15, 0.2) is 5.78 Å². The molecule has 41 heavy (non-hydrogen) atoms. The minimum atomic E-state index is -1.16. The SMILES string of the molecule is O=C(NC1(C(=O)N2CC[C@@H]3[C@H]2C(=O)CN3C(=O)c2ccccc2[N+](=O)[O-])C[C@@H]1SCc1ccccc1)c1ccsc1. The van der Waals surface area contributed by atoms with Crippen molar-refractivity contribution in [1.82, 2.24) is 15.1 Å². The second kappa shape index (κ2) is 10.7. The molecule has 1 N–H and O–H groups in total. The Bertz CT molecular complexity index is 1530. The van der Waals surface area contributed by atoms with Crippen LogP contribution >= 0.6 is 23.1 Å². The van der Waals surface area contributed by atoms with Crippen LogP contribution in [-0.2, 0) is 15.3 Å². The zero-order valence-corrected chi connectivity index (χ0v) is 23.4. The summed E-state index contributed by atoms with van der Waals surface area (Å²) in [6.07, 6.45) is 0.797. The lowest BCUT2D eigenvalue weighted by Crippen LogP contribution is -2.55. The van der Waals surface area contributed by atoms with Crippen molar-refractivity contribution in [2.24, 2.45) is 0 Å². The summed E-state index contributed by atoms with van der Waals surface area (Å²) in [7, 11) is 0. The lowest BCUT2D eigenvalue weighted by Gasteiger charge is -2.29. The molecule has 1 saturated carbocycles. The molecule has 210 valence electrons. The number of hydrogen-bond donors (Lipinski definition) is 1. The van der Waals surface area contributed by atoms with Crippen LogP contribution in [0.3, 0.4) is 0 Å². The van der Waals surface area contributed by atoms with Gasteiger partial charge in [0.05, 0.1) is 23.1 Å². The first-order valence-corrected chi connectivity index (χ1v) is 15.2. The number of benzene rings is 2. The van der Waals surface area contributed by atoms with E-state index in [4.69, 9.17) is 0 Å². The van der Waals surface area contributed by atoms with Crippen LogP contribution in [0.2, 0.25) is 0 Å². The highest BCUT2D eigenvalue weighted by Gasteiger charge is 2.65. The normalized spacial score (nSPS) is 24.7. The number of nitro benzene ring substituents is 1. The number of amides is 3. The summed E-state index contributed by atoms with van der Waals surface area (Å²) in [6, 6.07) is 15.8. The molecule has 10 nitrogen and oxygen atoms in total. The zero-order valence-electron chi connectivity index (χ0n) is 21.8. The van der Waals surface area contributed by atoms with Crippen molar-refractivity contribution in [1.29, 1.82) is 0 Å². The van der Waals surface area contributed by atoms with Gasteiger partial charge in [-0.3, -0.25) is 29.3 Å². The highest BCUT2D eigenvalue weighted by Crippen LogP contribution is 2.50. The number of ketones is 1. The molecular formula is C29H26N4O6S2.